The lowest BCUT2D eigenvalue weighted by atomic mass is 10.0. The number of hydrogen-bond donors (Lipinski definition) is 1. The second kappa shape index (κ2) is 7.50. The molecule has 1 fully saturated rings. The summed E-state index contributed by atoms with van der Waals surface area (Å²) in [6.07, 6.45) is 1.29. The van der Waals surface area contributed by atoms with Crippen LogP contribution in [0, 0.1) is 11.8 Å². The van der Waals surface area contributed by atoms with Gasteiger partial charge in [-0.15, -0.1) is 0 Å². The third kappa shape index (κ3) is 3.92. The van der Waals surface area contributed by atoms with Crippen molar-refractivity contribution < 1.29 is 9.47 Å². The second-order valence-electron chi connectivity index (χ2n) is 5.60. The van der Waals surface area contributed by atoms with Crippen LogP contribution in [-0.4, -0.2) is 19.8 Å². The van der Waals surface area contributed by atoms with Gasteiger partial charge in [0.05, 0.1) is 13.2 Å². The third-order valence-corrected chi connectivity index (χ3v) is 4.71. The van der Waals surface area contributed by atoms with Gasteiger partial charge in [0, 0.05) is 10.5 Å². The molecule has 3 nitrogen and oxygen atoms in total. The van der Waals surface area contributed by atoms with E-state index in [4.69, 9.17) is 9.47 Å². The molecule has 2 rings (SSSR count). The van der Waals surface area contributed by atoms with E-state index in [1.54, 1.807) is 0 Å². The van der Waals surface area contributed by atoms with Crippen LogP contribution in [0.25, 0.3) is 0 Å². The molecule has 1 N–H and O–H groups in total. The molecule has 0 bridgehead atoms. The Bertz CT molecular complexity index is 478. The molecular formula is C17H26BrNO2. The second-order valence-corrected chi connectivity index (χ2v) is 6.45. The number of hydrogen-bond acceptors (Lipinski definition) is 3. The maximum atomic E-state index is 5.77. The number of ether oxygens (including phenoxy) is 2. The topological polar surface area (TPSA) is 30.5 Å². The summed E-state index contributed by atoms with van der Waals surface area (Å²) >= 11 is 3.71. The molecule has 1 aliphatic carbocycles. The van der Waals surface area contributed by atoms with Crippen molar-refractivity contribution in [1.82, 2.24) is 5.32 Å². The fourth-order valence-electron chi connectivity index (χ4n) is 2.85. The van der Waals surface area contributed by atoms with Crippen molar-refractivity contribution in [2.24, 2.45) is 11.8 Å². The highest BCUT2D eigenvalue weighted by atomic mass is 79.9. The molecule has 3 atom stereocenters. The van der Waals surface area contributed by atoms with Gasteiger partial charge in [-0.2, -0.15) is 0 Å². The Kier molecular flexibility index (Phi) is 5.94. The number of rotatable bonds is 8. The summed E-state index contributed by atoms with van der Waals surface area (Å²) in [4.78, 5) is 0. The minimum absolute atomic E-state index is 0.384. The predicted octanol–water partition coefficient (Wildman–Crippen LogP) is 4.55. The lowest BCUT2D eigenvalue weighted by Crippen LogP contribution is -2.23. The number of benzene rings is 1. The molecule has 0 aliphatic heterocycles. The lowest BCUT2D eigenvalue weighted by molar-refractivity contribution is 0.286. The van der Waals surface area contributed by atoms with Crippen LogP contribution >= 0.6 is 15.9 Å². The zero-order valence-electron chi connectivity index (χ0n) is 13.4. The fourth-order valence-corrected chi connectivity index (χ4v) is 3.42. The van der Waals surface area contributed by atoms with Gasteiger partial charge in [-0.1, -0.05) is 29.8 Å². The van der Waals surface area contributed by atoms with Gasteiger partial charge in [0.15, 0.2) is 11.5 Å². The first-order valence-corrected chi connectivity index (χ1v) is 8.74. The molecule has 0 radical (unpaired) electrons. The van der Waals surface area contributed by atoms with Crippen LogP contribution in [0.15, 0.2) is 16.6 Å². The summed E-state index contributed by atoms with van der Waals surface area (Å²) in [7, 11) is 0. The Morgan fingerprint density at radius 3 is 2.24 bits per heavy atom. The van der Waals surface area contributed by atoms with Crippen molar-refractivity contribution in [2.45, 2.75) is 40.2 Å². The Labute approximate surface area is 136 Å². The molecule has 0 heterocycles. The van der Waals surface area contributed by atoms with Crippen molar-refractivity contribution in [3.8, 4) is 11.5 Å². The molecule has 0 amide bonds. The van der Waals surface area contributed by atoms with Crippen molar-refractivity contribution in [3.63, 3.8) is 0 Å². The van der Waals surface area contributed by atoms with Crippen molar-refractivity contribution >= 4 is 15.9 Å². The maximum absolute atomic E-state index is 5.77. The summed E-state index contributed by atoms with van der Waals surface area (Å²) in [6.45, 7) is 10.7. The minimum Gasteiger partial charge on any atom is -0.490 e. The standard InChI is InChI=1S/C17H26BrNO2/c1-5-19-17(12-8-11(12)4)13-9-15(20-6-2)16(21-7-3)10-14(13)18/h9-12,17,19H,5-8H2,1-4H3. The van der Waals surface area contributed by atoms with Gasteiger partial charge in [0.25, 0.3) is 0 Å². The SMILES string of the molecule is CCNC(c1cc(OCC)c(OCC)cc1Br)C1CC1C. The summed E-state index contributed by atoms with van der Waals surface area (Å²) in [6, 6.07) is 4.56. The van der Waals surface area contributed by atoms with Gasteiger partial charge in [-0.05, 0) is 56.3 Å². The van der Waals surface area contributed by atoms with E-state index in [9.17, 15) is 0 Å². The molecule has 0 aromatic heterocycles. The molecule has 1 aliphatic rings. The molecule has 118 valence electrons. The highest BCUT2D eigenvalue weighted by Gasteiger charge is 2.40. The number of halogens is 1. The van der Waals surface area contributed by atoms with Gasteiger partial charge in [-0.3, -0.25) is 0 Å². The van der Waals surface area contributed by atoms with Crippen LogP contribution < -0.4 is 14.8 Å². The van der Waals surface area contributed by atoms with E-state index in [2.05, 4.69) is 41.2 Å². The third-order valence-electron chi connectivity index (χ3n) is 4.02. The molecule has 0 saturated heterocycles. The molecular weight excluding hydrogens is 330 g/mol. The first-order chi connectivity index (χ1) is 10.1. The van der Waals surface area contributed by atoms with E-state index in [-0.39, 0.29) is 0 Å². The minimum atomic E-state index is 0.384. The van der Waals surface area contributed by atoms with Gasteiger partial charge < -0.3 is 14.8 Å². The van der Waals surface area contributed by atoms with E-state index in [1.807, 2.05) is 19.9 Å². The molecule has 21 heavy (non-hydrogen) atoms. The van der Waals surface area contributed by atoms with Crippen molar-refractivity contribution in [1.29, 1.82) is 0 Å². The van der Waals surface area contributed by atoms with Gasteiger partial charge >= 0.3 is 0 Å². The highest BCUT2D eigenvalue weighted by molar-refractivity contribution is 9.10. The number of nitrogens with one attached hydrogen (secondary N) is 1. The lowest BCUT2D eigenvalue weighted by Gasteiger charge is -2.22. The average molecular weight is 356 g/mol. The van der Waals surface area contributed by atoms with Crippen LogP contribution in [-0.2, 0) is 0 Å². The van der Waals surface area contributed by atoms with Gasteiger partial charge in [0.2, 0.25) is 0 Å². The molecule has 3 unspecified atom stereocenters. The zero-order chi connectivity index (χ0) is 15.4. The van der Waals surface area contributed by atoms with E-state index in [0.717, 1.165) is 28.4 Å². The van der Waals surface area contributed by atoms with Gasteiger partial charge in [0.1, 0.15) is 0 Å². The summed E-state index contributed by atoms with van der Waals surface area (Å²) in [5, 5.41) is 3.63. The van der Waals surface area contributed by atoms with E-state index in [1.165, 1.54) is 12.0 Å². The molecule has 4 heteroatoms. The zero-order valence-corrected chi connectivity index (χ0v) is 15.0. The van der Waals surface area contributed by atoms with Crippen LogP contribution in [0.4, 0.5) is 0 Å². The van der Waals surface area contributed by atoms with E-state index in [0.29, 0.717) is 25.2 Å². The summed E-state index contributed by atoms with van der Waals surface area (Å²) < 4.78 is 12.6. The smallest absolute Gasteiger partial charge is 0.162 e. The molecule has 1 saturated carbocycles. The van der Waals surface area contributed by atoms with Crippen molar-refractivity contribution in [3.05, 3.63) is 22.2 Å². The monoisotopic (exact) mass is 355 g/mol. The average Bonchev–Trinajstić information content (AvgIpc) is 3.17. The first-order valence-electron chi connectivity index (χ1n) is 7.94. The van der Waals surface area contributed by atoms with Gasteiger partial charge in [-0.25, -0.2) is 0 Å². The Morgan fingerprint density at radius 1 is 1.19 bits per heavy atom. The fraction of sp³-hybridized carbons (Fsp3) is 0.647. The normalized spacial score (nSPS) is 22.0. The highest BCUT2D eigenvalue weighted by Crippen LogP contribution is 2.49. The first kappa shape index (κ1) is 16.6. The largest absolute Gasteiger partial charge is 0.490 e. The predicted molar refractivity (Wildman–Crippen MR) is 90.2 cm³/mol. The van der Waals surface area contributed by atoms with E-state index >= 15 is 0 Å². The summed E-state index contributed by atoms with van der Waals surface area (Å²) in [5.41, 5.74) is 1.28. The molecule has 0 spiro atoms. The maximum Gasteiger partial charge on any atom is 0.162 e. The molecule has 1 aromatic rings. The van der Waals surface area contributed by atoms with Crippen LogP contribution in [0.3, 0.4) is 0 Å². The Balaban J connectivity index is 2.34. The van der Waals surface area contributed by atoms with Crippen molar-refractivity contribution in [2.75, 3.05) is 19.8 Å². The summed E-state index contributed by atoms with van der Waals surface area (Å²) in [5.74, 6) is 3.17. The Morgan fingerprint density at radius 2 is 1.76 bits per heavy atom. The quantitative estimate of drug-likeness (QED) is 0.741. The molecule has 1 aromatic carbocycles. The van der Waals surface area contributed by atoms with Crippen LogP contribution in [0.5, 0.6) is 11.5 Å². The van der Waals surface area contributed by atoms with Crippen LogP contribution in [0.1, 0.15) is 45.7 Å². The van der Waals surface area contributed by atoms with Crippen LogP contribution in [0.2, 0.25) is 0 Å². The Hall–Kier alpha value is -0.740. The van der Waals surface area contributed by atoms with E-state index < -0.39 is 0 Å².